The van der Waals surface area contributed by atoms with Crippen molar-refractivity contribution < 1.29 is 4.42 Å². The summed E-state index contributed by atoms with van der Waals surface area (Å²) in [4.78, 5) is 4.17. The number of rotatable bonds is 3. The summed E-state index contributed by atoms with van der Waals surface area (Å²) >= 11 is 6.16. The predicted octanol–water partition coefficient (Wildman–Crippen LogP) is 5.04. The molecule has 4 heteroatoms. The van der Waals surface area contributed by atoms with Crippen molar-refractivity contribution in [2.24, 2.45) is 0 Å². The predicted molar refractivity (Wildman–Crippen MR) is 87.0 cm³/mol. The van der Waals surface area contributed by atoms with Crippen molar-refractivity contribution in [3.8, 4) is 17.4 Å². The van der Waals surface area contributed by atoms with Crippen LogP contribution in [-0.4, -0.2) is 4.98 Å². The molecule has 0 atom stereocenters. The molecule has 3 aromatic rings. The molecule has 0 fully saturated rings. The van der Waals surface area contributed by atoms with E-state index in [2.05, 4.69) is 4.98 Å². The maximum atomic E-state index is 8.74. The topological polar surface area (TPSA) is 49.8 Å². The Morgan fingerprint density at radius 2 is 1.91 bits per heavy atom. The van der Waals surface area contributed by atoms with E-state index in [4.69, 9.17) is 21.3 Å². The third-order valence-corrected chi connectivity index (χ3v) is 3.43. The number of hydrogen-bond acceptors (Lipinski definition) is 3. The lowest BCUT2D eigenvalue weighted by Crippen LogP contribution is -1.81. The molecule has 0 aliphatic heterocycles. The molecule has 0 spiro atoms. The van der Waals surface area contributed by atoms with Gasteiger partial charge in [-0.25, -0.2) is 0 Å². The smallest absolute Gasteiger partial charge is 0.136 e. The molecule has 0 unspecified atom stereocenters. The van der Waals surface area contributed by atoms with E-state index < -0.39 is 0 Å². The molecule has 106 valence electrons. The summed E-state index contributed by atoms with van der Waals surface area (Å²) in [7, 11) is 0. The Labute approximate surface area is 133 Å². The molecule has 2 aromatic heterocycles. The molecule has 3 rings (SSSR count). The number of nitriles is 1. The fourth-order valence-electron chi connectivity index (χ4n) is 1.99. The largest absolute Gasteiger partial charge is 0.457 e. The Balaban J connectivity index is 1.81. The lowest BCUT2D eigenvalue weighted by atomic mass is 10.2. The van der Waals surface area contributed by atoms with Crippen LogP contribution in [0.5, 0.6) is 0 Å². The molecule has 0 saturated carbocycles. The Bertz CT molecular complexity index is 857. The third kappa shape index (κ3) is 3.08. The van der Waals surface area contributed by atoms with Gasteiger partial charge in [0.25, 0.3) is 0 Å². The van der Waals surface area contributed by atoms with E-state index in [1.54, 1.807) is 12.1 Å². The van der Waals surface area contributed by atoms with Crippen molar-refractivity contribution in [1.29, 1.82) is 5.26 Å². The van der Waals surface area contributed by atoms with Gasteiger partial charge >= 0.3 is 0 Å². The quantitative estimate of drug-likeness (QED) is 0.681. The Morgan fingerprint density at radius 3 is 2.64 bits per heavy atom. The van der Waals surface area contributed by atoms with Crippen LogP contribution in [0.2, 0.25) is 5.02 Å². The maximum Gasteiger partial charge on any atom is 0.136 e. The number of furan rings is 1. The molecule has 0 radical (unpaired) electrons. The molecular formula is C18H11ClN2O. The van der Waals surface area contributed by atoms with Gasteiger partial charge in [0, 0.05) is 11.8 Å². The molecule has 0 aliphatic rings. The van der Waals surface area contributed by atoms with E-state index in [1.807, 2.05) is 54.6 Å². The van der Waals surface area contributed by atoms with E-state index in [-0.39, 0.29) is 0 Å². The first-order chi connectivity index (χ1) is 10.8. The first-order valence-electron chi connectivity index (χ1n) is 6.65. The van der Waals surface area contributed by atoms with Gasteiger partial charge < -0.3 is 4.42 Å². The highest BCUT2D eigenvalue weighted by atomic mass is 35.5. The van der Waals surface area contributed by atoms with Gasteiger partial charge in [-0.15, -0.1) is 0 Å². The molecule has 2 heterocycles. The van der Waals surface area contributed by atoms with Crippen molar-refractivity contribution in [3.05, 3.63) is 76.8 Å². The second-order valence-electron chi connectivity index (χ2n) is 4.60. The summed E-state index contributed by atoms with van der Waals surface area (Å²) in [5.41, 5.74) is 2.16. The Morgan fingerprint density at radius 1 is 1.05 bits per heavy atom. The van der Waals surface area contributed by atoms with Gasteiger partial charge in [-0.2, -0.15) is 5.26 Å². The van der Waals surface area contributed by atoms with Crippen LogP contribution in [0, 0.1) is 11.3 Å². The van der Waals surface area contributed by atoms with Crippen molar-refractivity contribution in [2.75, 3.05) is 0 Å². The Kier molecular flexibility index (Phi) is 4.04. The van der Waals surface area contributed by atoms with Gasteiger partial charge in [0.2, 0.25) is 0 Å². The average Bonchev–Trinajstić information content (AvgIpc) is 3.02. The van der Waals surface area contributed by atoms with Gasteiger partial charge in [0.05, 0.1) is 16.3 Å². The normalized spacial score (nSPS) is 10.7. The van der Waals surface area contributed by atoms with Crippen LogP contribution in [0.25, 0.3) is 23.5 Å². The van der Waals surface area contributed by atoms with Crippen LogP contribution in [-0.2, 0) is 0 Å². The second-order valence-corrected chi connectivity index (χ2v) is 5.01. The highest BCUT2D eigenvalue weighted by Gasteiger charge is 2.06. The summed E-state index contributed by atoms with van der Waals surface area (Å²) in [6, 6.07) is 16.8. The van der Waals surface area contributed by atoms with Crippen molar-refractivity contribution in [3.63, 3.8) is 0 Å². The van der Waals surface area contributed by atoms with Gasteiger partial charge in [-0.05, 0) is 48.6 Å². The first-order valence-corrected chi connectivity index (χ1v) is 7.03. The maximum absolute atomic E-state index is 8.74. The second kappa shape index (κ2) is 6.30. The molecule has 0 amide bonds. The summed E-state index contributed by atoms with van der Waals surface area (Å²) < 4.78 is 5.77. The zero-order chi connectivity index (χ0) is 15.4. The number of benzene rings is 1. The number of pyridine rings is 1. The summed E-state index contributed by atoms with van der Waals surface area (Å²) in [5, 5.41) is 9.39. The molecular weight excluding hydrogens is 296 g/mol. The van der Waals surface area contributed by atoms with Crippen molar-refractivity contribution in [2.45, 2.75) is 0 Å². The highest BCUT2D eigenvalue weighted by Crippen LogP contribution is 2.29. The van der Waals surface area contributed by atoms with Crippen LogP contribution in [0.15, 0.2) is 59.1 Å². The number of aromatic nitrogens is 1. The molecule has 3 nitrogen and oxygen atoms in total. The van der Waals surface area contributed by atoms with Crippen molar-refractivity contribution >= 4 is 23.8 Å². The average molecular weight is 307 g/mol. The van der Waals surface area contributed by atoms with Crippen LogP contribution < -0.4 is 0 Å². The summed E-state index contributed by atoms with van der Waals surface area (Å²) in [6.07, 6.45) is 5.20. The van der Waals surface area contributed by atoms with Crippen LogP contribution in [0.1, 0.15) is 17.0 Å². The summed E-state index contributed by atoms with van der Waals surface area (Å²) in [6.45, 7) is 0. The fraction of sp³-hybridized carbons (Fsp3) is 0. The fourth-order valence-corrected chi connectivity index (χ4v) is 2.21. The monoisotopic (exact) mass is 306 g/mol. The lowest BCUT2D eigenvalue weighted by Gasteiger charge is -1.98. The van der Waals surface area contributed by atoms with Crippen molar-refractivity contribution in [1.82, 2.24) is 4.98 Å². The number of nitrogens with zero attached hydrogens (tertiary/aromatic N) is 2. The SMILES string of the molecule is N#Cc1ccc(/C=C/c2ccc(-c3ccccc3Cl)o2)nc1. The van der Waals surface area contributed by atoms with E-state index in [0.29, 0.717) is 16.3 Å². The molecule has 0 saturated heterocycles. The zero-order valence-corrected chi connectivity index (χ0v) is 12.3. The van der Waals surface area contributed by atoms with Gasteiger partial charge in [0.15, 0.2) is 0 Å². The Hall–Kier alpha value is -2.83. The van der Waals surface area contributed by atoms with E-state index in [9.17, 15) is 0 Å². The van der Waals surface area contributed by atoms with E-state index in [1.165, 1.54) is 6.20 Å². The minimum Gasteiger partial charge on any atom is -0.457 e. The van der Waals surface area contributed by atoms with Gasteiger partial charge in [-0.3, -0.25) is 4.98 Å². The van der Waals surface area contributed by atoms with Gasteiger partial charge in [0.1, 0.15) is 17.6 Å². The van der Waals surface area contributed by atoms with Crippen LogP contribution in [0.4, 0.5) is 0 Å². The van der Waals surface area contributed by atoms with E-state index in [0.717, 1.165) is 17.0 Å². The molecule has 0 bridgehead atoms. The highest BCUT2D eigenvalue weighted by molar-refractivity contribution is 6.33. The van der Waals surface area contributed by atoms with Crippen LogP contribution in [0.3, 0.4) is 0 Å². The minimum absolute atomic E-state index is 0.538. The molecule has 1 aromatic carbocycles. The van der Waals surface area contributed by atoms with E-state index >= 15 is 0 Å². The lowest BCUT2D eigenvalue weighted by molar-refractivity contribution is 0.572. The molecule has 22 heavy (non-hydrogen) atoms. The summed E-state index contributed by atoms with van der Waals surface area (Å²) in [5.74, 6) is 1.43. The molecule has 0 aliphatic carbocycles. The number of hydrogen-bond donors (Lipinski definition) is 0. The molecule has 0 N–H and O–H groups in total. The third-order valence-electron chi connectivity index (χ3n) is 3.10. The zero-order valence-electron chi connectivity index (χ0n) is 11.5. The van der Waals surface area contributed by atoms with Crippen LogP contribution >= 0.6 is 11.6 Å². The number of halogens is 1. The van der Waals surface area contributed by atoms with Gasteiger partial charge in [-0.1, -0.05) is 23.7 Å². The standard InChI is InChI=1S/C18H11ClN2O/c19-17-4-2-1-3-16(17)18-10-9-15(22-18)8-7-14-6-5-13(11-20)12-21-14/h1-10,12H/b8-7+. The first kappa shape index (κ1) is 14.1. The minimum atomic E-state index is 0.538.